The van der Waals surface area contributed by atoms with Crippen LogP contribution in [-0.2, 0) is 15.3 Å². The van der Waals surface area contributed by atoms with Gasteiger partial charge in [-0.15, -0.1) is 0 Å². The number of thiol groups is 1. The molecule has 1 rings (SSSR count). The van der Waals surface area contributed by atoms with Gasteiger partial charge in [0.15, 0.2) is 19.2 Å². The third kappa shape index (κ3) is 7.53. The molecule has 0 spiro atoms. The van der Waals surface area contributed by atoms with Crippen molar-refractivity contribution in [3.05, 3.63) is 24.3 Å². The van der Waals surface area contributed by atoms with Crippen LogP contribution in [0.2, 0.25) is 0 Å². The van der Waals surface area contributed by atoms with E-state index in [4.69, 9.17) is 0 Å². The van der Waals surface area contributed by atoms with Crippen molar-refractivity contribution in [2.45, 2.75) is 4.90 Å². The SMILES string of the molecule is O=Pc1cccc([SH](=O)=O)c1.[NaH].[NaH].[NaH]. The van der Waals surface area contributed by atoms with Gasteiger partial charge in [-0.1, -0.05) is 6.07 Å². The zero-order valence-electron chi connectivity index (χ0n) is 5.43. The Labute approximate surface area is 152 Å². The molecular formula is C6H8Na3O3PS. The Morgan fingerprint density at radius 1 is 1.07 bits per heavy atom. The Bertz CT molecular complexity index is 348. The van der Waals surface area contributed by atoms with Gasteiger partial charge in [0.1, 0.15) is 0 Å². The van der Waals surface area contributed by atoms with Crippen molar-refractivity contribution >= 4 is 113 Å². The fraction of sp³-hybridized carbons (Fsp3) is 0. The van der Waals surface area contributed by atoms with Gasteiger partial charge < -0.3 is 0 Å². The Morgan fingerprint density at radius 3 is 2.07 bits per heavy atom. The van der Waals surface area contributed by atoms with Crippen LogP contribution < -0.4 is 5.30 Å². The van der Waals surface area contributed by atoms with E-state index in [0.29, 0.717) is 5.30 Å². The van der Waals surface area contributed by atoms with Gasteiger partial charge in [-0.05, 0) is 18.2 Å². The first-order chi connectivity index (χ1) is 5.24. The molecule has 0 N–H and O–H groups in total. The molecule has 14 heavy (non-hydrogen) atoms. The van der Waals surface area contributed by atoms with E-state index in [-0.39, 0.29) is 102 Å². The summed E-state index contributed by atoms with van der Waals surface area (Å²) in [6.07, 6.45) is 0. The molecule has 0 bridgehead atoms. The quantitative estimate of drug-likeness (QED) is 0.405. The molecule has 0 saturated carbocycles. The predicted octanol–water partition coefficient (Wildman–Crippen LogP) is -1.37. The fourth-order valence-corrected chi connectivity index (χ4v) is 1.56. The van der Waals surface area contributed by atoms with Crippen molar-refractivity contribution in [3.63, 3.8) is 0 Å². The number of hydrogen-bond acceptors (Lipinski definition) is 3. The topological polar surface area (TPSA) is 51.2 Å². The van der Waals surface area contributed by atoms with Crippen molar-refractivity contribution in [1.29, 1.82) is 0 Å². The number of hydrogen-bond donors (Lipinski definition) is 1. The molecule has 0 unspecified atom stereocenters. The first kappa shape index (κ1) is 21.5. The zero-order valence-corrected chi connectivity index (χ0v) is 7.22. The second-order valence-electron chi connectivity index (χ2n) is 1.87. The van der Waals surface area contributed by atoms with Gasteiger partial charge in [0.2, 0.25) is 0 Å². The Morgan fingerprint density at radius 2 is 1.64 bits per heavy atom. The van der Waals surface area contributed by atoms with E-state index in [0.717, 1.165) is 0 Å². The van der Waals surface area contributed by atoms with Crippen molar-refractivity contribution < 1.29 is 13.0 Å². The van der Waals surface area contributed by atoms with Gasteiger partial charge >= 0.3 is 88.7 Å². The maximum absolute atomic E-state index is 10.4. The van der Waals surface area contributed by atoms with Crippen LogP contribution in [0, 0.1) is 0 Å². The molecule has 0 aliphatic rings. The molecule has 0 aliphatic heterocycles. The van der Waals surface area contributed by atoms with E-state index in [2.05, 4.69) is 0 Å². The first-order valence-corrected chi connectivity index (χ1v) is 4.81. The van der Waals surface area contributed by atoms with Crippen LogP contribution in [0.1, 0.15) is 0 Å². The van der Waals surface area contributed by atoms with Crippen LogP contribution in [-0.4, -0.2) is 97.1 Å². The summed E-state index contributed by atoms with van der Waals surface area (Å²) in [5, 5.41) is 0.474. The Hall–Kier alpha value is 2.27. The van der Waals surface area contributed by atoms with Crippen molar-refractivity contribution in [1.82, 2.24) is 0 Å². The summed E-state index contributed by atoms with van der Waals surface area (Å²) in [4.78, 5) is 0.195. The summed E-state index contributed by atoms with van der Waals surface area (Å²) in [6.45, 7) is 0. The van der Waals surface area contributed by atoms with Crippen molar-refractivity contribution in [2.75, 3.05) is 0 Å². The Balaban J connectivity index is -0.000000403. The molecule has 0 saturated heterocycles. The minimum atomic E-state index is -2.56. The molecule has 0 aromatic heterocycles. The summed E-state index contributed by atoms with van der Waals surface area (Å²) in [5.74, 6) is 0. The minimum absolute atomic E-state index is 0. The molecule has 8 heteroatoms. The summed E-state index contributed by atoms with van der Waals surface area (Å²) in [5.41, 5.74) is 0. The number of benzene rings is 1. The van der Waals surface area contributed by atoms with Gasteiger partial charge in [0.05, 0.1) is 4.90 Å². The molecular weight excluding hydrogens is 252 g/mol. The average molecular weight is 260 g/mol. The predicted molar refractivity (Wildman–Crippen MR) is 63.7 cm³/mol. The van der Waals surface area contributed by atoms with Crippen LogP contribution in [0.3, 0.4) is 0 Å². The van der Waals surface area contributed by atoms with Crippen LogP contribution in [0.5, 0.6) is 0 Å². The summed E-state index contributed by atoms with van der Waals surface area (Å²) >= 11 is 0. The van der Waals surface area contributed by atoms with Crippen molar-refractivity contribution in [2.24, 2.45) is 0 Å². The summed E-state index contributed by atoms with van der Waals surface area (Å²) in [6, 6.07) is 5.98. The first-order valence-electron chi connectivity index (χ1n) is 2.82. The molecule has 0 aliphatic carbocycles. The molecule has 0 heterocycles. The van der Waals surface area contributed by atoms with E-state index in [1.165, 1.54) is 12.1 Å². The van der Waals surface area contributed by atoms with Crippen LogP contribution in [0.15, 0.2) is 29.2 Å². The van der Waals surface area contributed by atoms with Crippen LogP contribution in [0.25, 0.3) is 0 Å². The van der Waals surface area contributed by atoms with E-state index >= 15 is 0 Å². The van der Waals surface area contributed by atoms with Gasteiger partial charge in [0, 0.05) is 5.30 Å². The van der Waals surface area contributed by atoms with E-state index < -0.39 is 10.7 Å². The molecule has 0 fully saturated rings. The number of rotatable bonds is 2. The molecule has 0 atom stereocenters. The standard InChI is InChI=1S/C6H5O3PS.3Na.3H/c7-10-5-2-1-3-6(4-5)11(8)9;;;;;;/h1-4,11H;;;;;;. The van der Waals surface area contributed by atoms with Gasteiger partial charge in [0.25, 0.3) is 0 Å². The average Bonchev–Trinajstić information content (AvgIpc) is 2.05. The molecule has 64 valence electrons. The van der Waals surface area contributed by atoms with Gasteiger partial charge in [-0.2, -0.15) is 0 Å². The third-order valence-corrected chi connectivity index (χ3v) is 2.33. The van der Waals surface area contributed by atoms with E-state index in [1.807, 2.05) is 0 Å². The summed E-state index contributed by atoms with van der Waals surface area (Å²) < 4.78 is 31.1. The van der Waals surface area contributed by atoms with E-state index in [9.17, 15) is 13.0 Å². The molecule has 1 aromatic carbocycles. The fourth-order valence-electron chi connectivity index (χ4n) is 0.663. The summed E-state index contributed by atoms with van der Waals surface area (Å²) in [7, 11) is -2.72. The maximum atomic E-state index is 10.4. The molecule has 0 radical (unpaired) electrons. The molecule has 0 amide bonds. The van der Waals surface area contributed by atoms with Gasteiger partial charge in [-0.25, -0.2) is 8.42 Å². The molecule has 3 nitrogen and oxygen atoms in total. The second kappa shape index (κ2) is 11.7. The van der Waals surface area contributed by atoms with E-state index in [1.54, 1.807) is 12.1 Å². The Kier molecular flexibility index (Phi) is 18.1. The van der Waals surface area contributed by atoms with Gasteiger partial charge in [-0.3, -0.25) is 4.57 Å². The monoisotopic (exact) mass is 260 g/mol. The van der Waals surface area contributed by atoms with Crippen molar-refractivity contribution in [3.8, 4) is 0 Å². The normalized spacial score (nSPS) is 8.36. The van der Waals surface area contributed by atoms with Crippen LogP contribution >= 0.6 is 8.46 Å². The second-order valence-corrected chi connectivity index (χ2v) is 3.60. The molecule has 1 aromatic rings. The van der Waals surface area contributed by atoms with Crippen LogP contribution in [0.4, 0.5) is 0 Å². The third-order valence-electron chi connectivity index (χ3n) is 1.15. The zero-order chi connectivity index (χ0) is 8.27.